The summed E-state index contributed by atoms with van der Waals surface area (Å²) in [5.41, 5.74) is 6.80. The lowest BCUT2D eigenvalue weighted by Gasteiger charge is -2.14. The van der Waals surface area contributed by atoms with Gasteiger partial charge in [0.1, 0.15) is 12.0 Å². The Morgan fingerprint density at radius 2 is 1.76 bits per heavy atom. The van der Waals surface area contributed by atoms with E-state index in [0.717, 1.165) is 0 Å². The molecule has 112 valence electrons. The average molecular weight is 348 g/mol. The monoisotopic (exact) mass is 346 g/mol. The zero-order valence-corrected chi connectivity index (χ0v) is 13.6. The smallest absolute Gasteiger partial charge is 0.242 e. The van der Waals surface area contributed by atoms with E-state index in [1.807, 2.05) is 13.8 Å². The molecule has 21 heavy (non-hydrogen) atoms. The molecule has 0 aliphatic rings. The first-order valence-electron chi connectivity index (χ1n) is 6.07. The maximum absolute atomic E-state index is 6.11. The molecule has 0 spiro atoms. The van der Waals surface area contributed by atoms with Gasteiger partial charge in [0.2, 0.25) is 5.88 Å². The lowest BCUT2D eigenvalue weighted by molar-refractivity contribution is 0.234. The predicted octanol–water partition coefficient (Wildman–Crippen LogP) is 4.55. The van der Waals surface area contributed by atoms with Crippen molar-refractivity contribution >= 4 is 52.0 Å². The summed E-state index contributed by atoms with van der Waals surface area (Å²) in [7, 11) is 0. The number of nitrogen functional groups attached to an aromatic ring is 1. The summed E-state index contributed by atoms with van der Waals surface area (Å²) in [6, 6.07) is 3.13. The Balaban J connectivity index is 2.34. The standard InChI is InChI=1S/C13H13Cl3N4O/c1-6(2)21-13-11(17)12(18-5-19-13)20-10-4-8(15)7(14)3-9(10)16/h3-6H,17H2,1-2H3,(H,18,19,20). The van der Waals surface area contributed by atoms with Crippen LogP contribution in [0.4, 0.5) is 17.2 Å². The first-order chi connectivity index (χ1) is 9.88. The van der Waals surface area contributed by atoms with Crippen LogP contribution in [-0.2, 0) is 0 Å². The topological polar surface area (TPSA) is 73.1 Å². The fourth-order valence-electron chi connectivity index (χ4n) is 1.54. The van der Waals surface area contributed by atoms with Crippen molar-refractivity contribution in [1.82, 2.24) is 9.97 Å². The number of nitrogens with one attached hydrogen (secondary N) is 1. The summed E-state index contributed by atoms with van der Waals surface area (Å²) >= 11 is 18.0. The van der Waals surface area contributed by atoms with Crippen molar-refractivity contribution in [2.75, 3.05) is 11.1 Å². The van der Waals surface area contributed by atoms with E-state index in [0.29, 0.717) is 32.5 Å². The molecular weight excluding hydrogens is 335 g/mol. The van der Waals surface area contributed by atoms with Gasteiger partial charge in [-0.2, -0.15) is 4.98 Å². The molecule has 0 aliphatic heterocycles. The van der Waals surface area contributed by atoms with Gasteiger partial charge in [0.15, 0.2) is 5.82 Å². The second kappa shape index (κ2) is 6.56. The van der Waals surface area contributed by atoms with Gasteiger partial charge < -0.3 is 15.8 Å². The van der Waals surface area contributed by atoms with E-state index >= 15 is 0 Å². The zero-order chi connectivity index (χ0) is 15.6. The number of nitrogens with two attached hydrogens (primary N) is 1. The number of anilines is 3. The van der Waals surface area contributed by atoms with Gasteiger partial charge in [-0.25, -0.2) is 4.98 Å². The minimum absolute atomic E-state index is 0.0522. The van der Waals surface area contributed by atoms with Gasteiger partial charge in [-0.15, -0.1) is 0 Å². The minimum Gasteiger partial charge on any atom is -0.473 e. The maximum Gasteiger partial charge on any atom is 0.242 e. The van der Waals surface area contributed by atoms with Crippen LogP contribution in [-0.4, -0.2) is 16.1 Å². The number of rotatable bonds is 4. The van der Waals surface area contributed by atoms with Crippen LogP contribution in [0.3, 0.4) is 0 Å². The van der Waals surface area contributed by atoms with Crippen molar-refractivity contribution in [2.24, 2.45) is 0 Å². The largest absolute Gasteiger partial charge is 0.473 e. The molecule has 0 saturated carbocycles. The van der Waals surface area contributed by atoms with Crippen LogP contribution >= 0.6 is 34.8 Å². The summed E-state index contributed by atoms with van der Waals surface area (Å²) in [6.07, 6.45) is 1.30. The van der Waals surface area contributed by atoms with E-state index < -0.39 is 0 Å². The highest BCUT2D eigenvalue weighted by Gasteiger charge is 2.13. The molecule has 1 aromatic heterocycles. The van der Waals surface area contributed by atoms with Crippen molar-refractivity contribution in [3.8, 4) is 5.88 Å². The first kappa shape index (κ1) is 15.9. The van der Waals surface area contributed by atoms with E-state index in [1.54, 1.807) is 6.07 Å². The Hall–Kier alpha value is -1.43. The fraction of sp³-hybridized carbons (Fsp3) is 0.231. The number of halogens is 3. The molecule has 2 aromatic rings. The molecule has 0 unspecified atom stereocenters. The molecule has 3 N–H and O–H groups in total. The maximum atomic E-state index is 6.11. The second-order valence-corrected chi connectivity index (χ2v) is 5.70. The van der Waals surface area contributed by atoms with Crippen LogP contribution in [0.5, 0.6) is 5.88 Å². The normalized spacial score (nSPS) is 10.8. The highest BCUT2D eigenvalue weighted by molar-refractivity contribution is 6.44. The SMILES string of the molecule is CC(C)Oc1ncnc(Nc2cc(Cl)c(Cl)cc2Cl)c1N. The molecule has 1 aromatic carbocycles. The number of ether oxygens (including phenoxy) is 1. The molecule has 0 aliphatic carbocycles. The van der Waals surface area contributed by atoms with E-state index in [4.69, 9.17) is 45.3 Å². The van der Waals surface area contributed by atoms with Crippen molar-refractivity contribution in [1.29, 1.82) is 0 Å². The Labute approximate surface area is 137 Å². The number of hydrogen-bond donors (Lipinski definition) is 2. The molecular formula is C13H13Cl3N4O. The number of hydrogen-bond acceptors (Lipinski definition) is 5. The summed E-state index contributed by atoms with van der Waals surface area (Å²) in [6.45, 7) is 3.76. The summed E-state index contributed by atoms with van der Waals surface area (Å²) < 4.78 is 5.50. The van der Waals surface area contributed by atoms with Gasteiger partial charge in [0, 0.05) is 0 Å². The Kier molecular flexibility index (Phi) is 4.98. The predicted molar refractivity (Wildman–Crippen MR) is 87.0 cm³/mol. The van der Waals surface area contributed by atoms with Gasteiger partial charge in [-0.3, -0.25) is 0 Å². The second-order valence-electron chi connectivity index (χ2n) is 4.48. The summed E-state index contributed by atoms with van der Waals surface area (Å²) in [5.74, 6) is 0.680. The van der Waals surface area contributed by atoms with Gasteiger partial charge >= 0.3 is 0 Å². The molecule has 0 atom stereocenters. The van der Waals surface area contributed by atoms with Crippen LogP contribution in [0.25, 0.3) is 0 Å². The molecule has 0 radical (unpaired) electrons. The van der Waals surface area contributed by atoms with Crippen LogP contribution < -0.4 is 15.8 Å². The quantitative estimate of drug-likeness (QED) is 0.794. The summed E-state index contributed by atoms with van der Waals surface area (Å²) in [4.78, 5) is 8.07. The van der Waals surface area contributed by atoms with Gasteiger partial charge in [-0.05, 0) is 26.0 Å². The van der Waals surface area contributed by atoms with Crippen LogP contribution in [0, 0.1) is 0 Å². The van der Waals surface area contributed by atoms with Crippen molar-refractivity contribution in [3.05, 3.63) is 33.5 Å². The van der Waals surface area contributed by atoms with Crippen molar-refractivity contribution in [2.45, 2.75) is 20.0 Å². The molecule has 5 nitrogen and oxygen atoms in total. The third-order valence-electron chi connectivity index (χ3n) is 2.46. The Morgan fingerprint density at radius 1 is 1.10 bits per heavy atom. The number of nitrogens with zero attached hydrogens (tertiary/aromatic N) is 2. The number of aromatic nitrogens is 2. The van der Waals surface area contributed by atoms with Gasteiger partial charge in [0.25, 0.3) is 0 Å². The molecule has 0 amide bonds. The third-order valence-corrected chi connectivity index (χ3v) is 3.49. The molecule has 0 bridgehead atoms. The zero-order valence-electron chi connectivity index (χ0n) is 11.3. The van der Waals surface area contributed by atoms with Gasteiger partial charge in [-0.1, -0.05) is 34.8 Å². The first-order valence-corrected chi connectivity index (χ1v) is 7.20. The highest BCUT2D eigenvalue weighted by Crippen LogP contribution is 2.35. The molecule has 1 heterocycles. The molecule has 0 fully saturated rings. The van der Waals surface area contributed by atoms with Crippen LogP contribution in [0.1, 0.15) is 13.8 Å². The highest BCUT2D eigenvalue weighted by atomic mass is 35.5. The fourth-order valence-corrected chi connectivity index (χ4v) is 2.14. The molecule has 2 rings (SSSR count). The molecule has 8 heteroatoms. The van der Waals surface area contributed by atoms with E-state index in [9.17, 15) is 0 Å². The average Bonchev–Trinajstić information content (AvgIpc) is 2.40. The Morgan fingerprint density at radius 3 is 2.43 bits per heavy atom. The van der Waals surface area contributed by atoms with E-state index in [-0.39, 0.29) is 11.8 Å². The summed E-state index contributed by atoms with van der Waals surface area (Å²) in [5, 5.41) is 4.13. The van der Waals surface area contributed by atoms with Gasteiger partial charge in [0.05, 0.1) is 26.9 Å². The van der Waals surface area contributed by atoms with Crippen LogP contribution in [0.15, 0.2) is 18.5 Å². The van der Waals surface area contributed by atoms with Crippen molar-refractivity contribution < 1.29 is 4.74 Å². The molecule has 0 saturated heterocycles. The lowest BCUT2D eigenvalue weighted by atomic mass is 10.3. The van der Waals surface area contributed by atoms with Crippen molar-refractivity contribution in [3.63, 3.8) is 0 Å². The van der Waals surface area contributed by atoms with E-state index in [1.165, 1.54) is 12.4 Å². The lowest BCUT2D eigenvalue weighted by Crippen LogP contribution is -2.11. The van der Waals surface area contributed by atoms with Crippen LogP contribution in [0.2, 0.25) is 15.1 Å². The minimum atomic E-state index is -0.0522. The Bertz CT molecular complexity index is 664. The van der Waals surface area contributed by atoms with E-state index in [2.05, 4.69) is 15.3 Å². The third kappa shape index (κ3) is 3.81. The number of benzene rings is 1.